The molecule has 1 fully saturated rings. The van der Waals surface area contributed by atoms with Crippen LogP contribution in [0.15, 0.2) is 23.1 Å². The summed E-state index contributed by atoms with van der Waals surface area (Å²) in [6, 6.07) is 6.13. The largest absolute Gasteiger partial charge is 0.242 e. The van der Waals surface area contributed by atoms with Crippen LogP contribution in [0.1, 0.15) is 31.7 Å². The average molecular weight is 299 g/mol. The van der Waals surface area contributed by atoms with E-state index in [0.717, 1.165) is 19.3 Å². The Hall–Kier alpha value is -1.09. The van der Waals surface area contributed by atoms with Gasteiger partial charge in [0.1, 0.15) is 4.90 Å². The van der Waals surface area contributed by atoms with E-state index in [0.29, 0.717) is 6.54 Å². The SMILES string of the molecule is CC1(CNS(=O)(=O)c2cc(C#N)ccc2Cl)CCC1. The van der Waals surface area contributed by atoms with E-state index in [1.54, 1.807) is 0 Å². The molecule has 1 aliphatic rings. The molecule has 2 rings (SSSR count). The summed E-state index contributed by atoms with van der Waals surface area (Å²) in [4.78, 5) is -0.0314. The monoisotopic (exact) mass is 298 g/mol. The van der Waals surface area contributed by atoms with Crippen LogP contribution in [0, 0.1) is 16.7 Å². The predicted octanol–water partition coefficient (Wildman–Crippen LogP) is 2.68. The summed E-state index contributed by atoms with van der Waals surface area (Å²) in [6.07, 6.45) is 3.20. The average Bonchev–Trinajstić information content (AvgIpc) is 2.34. The summed E-state index contributed by atoms with van der Waals surface area (Å²) in [6.45, 7) is 2.47. The summed E-state index contributed by atoms with van der Waals surface area (Å²) < 4.78 is 27.0. The fraction of sp³-hybridized carbons (Fsp3) is 0.462. The van der Waals surface area contributed by atoms with Crippen molar-refractivity contribution in [3.63, 3.8) is 0 Å². The fourth-order valence-corrected chi connectivity index (χ4v) is 3.81. The van der Waals surface area contributed by atoms with Gasteiger partial charge in [-0.3, -0.25) is 0 Å². The van der Waals surface area contributed by atoms with Crippen molar-refractivity contribution in [1.82, 2.24) is 4.72 Å². The van der Waals surface area contributed by atoms with Crippen molar-refractivity contribution in [2.24, 2.45) is 5.41 Å². The molecule has 1 aromatic rings. The van der Waals surface area contributed by atoms with E-state index in [-0.39, 0.29) is 20.9 Å². The summed E-state index contributed by atoms with van der Waals surface area (Å²) in [7, 11) is -3.67. The summed E-state index contributed by atoms with van der Waals surface area (Å²) in [5.74, 6) is 0. The Morgan fingerprint density at radius 1 is 1.47 bits per heavy atom. The van der Waals surface area contributed by atoms with E-state index in [9.17, 15) is 8.42 Å². The number of nitrogens with zero attached hydrogens (tertiary/aromatic N) is 1. The van der Waals surface area contributed by atoms with Crippen molar-refractivity contribution >= 4 is 21.6 Å². The van der Waals surface area contributed by atoms with Gasteiger partial charge in [0.25, 0.3) is 0 Å². The Morgan fingerprint density at radius 3 is 2.68 bits per heavy atom. The minimum atomic E-state index is -3.67. The van der Waals surface area contributed by atoms with Crippen LogP contribution in [-0.2, 0) is 10.0 Å². The van der Waals surface area contributed by atoms with Crippen LogP contribution >= 0.6 is 11.6 Å². The van der Waals surface area contributed by atoms with Gasteiger partial charge in [0.2, 0.25) is 10.0 Å². The van der Waals surface area contributed by atoms with Crippen molar-refractivity contribution in [3.05, 3.63) is 28.8 Å². The molecule has 4 nitrogen and oxygen atoms in total. The molecule has 0 radical (unpaired) electrons. The minimum Gasteiger partial charge on any atom is -0.211 e. The Balaban J connectivity index is 2.22. The van der Waals surface area contributed by atoms with Crippen LogP contribution in [0.2, 0.25) is 5.02 Å². The third-order valence-corrected chi connectivity index (χ3v) is 5.48. The zero-order valence-electron chi connectivity index (χ0n) is 10.6. The van der Waals surface area contributed by atoms with Crippen molar-refractivity contribution in [2.45, 2.75) is 31.1 Å². The van der Waals surface area contributed by atoms with E-state index in [2.05, 4.69) is 11.6 Å². The molecule has 0 unspecified atom stereocenters. The van der Waals surface area contributed by atoms with E-state index < -0.39 is 10.0 Å². The molecule has 0 amide bonds. The van der Waals surface area contributed by atoms with E-state index in [1.165, 1.54) is 18.2 Å². The van der Waals surface area contributed by atoms with Gasteiger partial charge in [-0.15, -0.1) is 0 Å². The Morgan fingerprint density at radius 2 is 2.16 bits per heavy atom. The van der Waals surface area contributed by atoms with E-state index in [1.807, 2.05) is 6.07 Å². The van der Waals surface area contributed by atoms with Crippen molar-refractivity contribution in [3.8, 4) is 6.07 Å². The number of rotatable bonds is 4. The van der Waals surface area contributed by atoms with Crippen LogP contribution in [0.25, 0.3) is 0 Å². The maximum atomic E-state index is 12.2. The number of sulfonamides is 1. The van der Waals surface area contributed by atoms with Gasteiger partial charge >= 0.3 is 0 Å². The first kappa shape index (κ1) is 14.3. The molecule has 0 atom stereocenters. The van der Waals surface area contributed by atoms with Crippen molar-refractivity contribution in [2.75, 3.05) is 6.54 Å². The lowest BCUT2D eigenvalue weighted by Gasteiger charge is -2.38. The van der Waals surface area contributed by atoms with Gasteiger partial charge in [-0.1, -0.05) is 24.9 Å². The molecule has 0 aromatic heterocycles. The Kier molecular flexibility index (Phi) is 3.86. The molecule has 0 heterocycles. The maximum absolute atomic E-state index is 12.2. The molecule has 6 heteroatoms. The molecule has 102 valence electrons. The van der Waals surface area contributed by atoms with Crippen molar-refractivity contribution in [1.29, 1.82) is 5.26 Å². The number of nitriles is 1. The minimum absolute atomic E-state index is 0.0314. The lowest BCUT2D eigenvalue weighted by Crippen LogP contribution is -2.39. The highest BCUT2D eigenvalue weighted by molar-refractivity contribution is 7.89. The van der Waals surface area contributed by atoms with Gasteiger partial charge in [-0.2, -0.15) is 5.26 Å². The van der Waals surface area contributed by atoms with Gasteiger partial charge in [0.05, 0.1) is 16.7 Å². The second-order valence-corrected chi connectivity index (χ2v) is 7.39. The second-order valence-electron chi connectivity index (χ2n) is 5.25. The molecule has 0 aliphatic heterocycles. The van der Waals surface area contributed by atoms with Crippen LogP contribution < -0.4 is 4.72 Å². The maximum Gasteiger partial charge on any atom is 0.242 e. The lowest BCUT2D eigenvalue weighted by atomic mass is 9.71. The number of hydrogen-bond donors (Lipinski definition) is 1. The topological polar surface area (TPSA) is 70.0 Å². The third kappa shape index (κ3) is 3.08. The quantitative estimate of drug-likeness (QED) is 0.929. The smallest absolute Gasteiger partial charge is 0.211 e. The normalized spacial score (nSPS) is 17.5. The summed E-state index contributed by atoms with van der Waals surface area (Å²) in [5.41, 5.74) is 0.325. The van der Waals surface area contributed by atoms with Crippen LogP contribution in [0.5, 0.6) is 0 Å². The summed E-state index contributed by atoms with van der Waals surface area (Å²) in [5, 5.41) is 8.95. The van der Waals surface area contributed by atoms with Gasteiger partial charge in [0, 0.05) is 6.54 Å². The number of hydrogen-bond acceptors (Lipinski definition) is 3. The highest BCUT2D eigenvalue weighted by Gasteiger charge is 2.33. The molecule has 19 heavy (non-hydrogen) atoms. The van der Waals surface area contributed by atoms with Gasteiger partial charge < -0.3 is 0 Å². The predicted molar refractivity (Wildman–Crippen MR) is 73.3 cm³/mol. The zero-order valence-corrected chi connectivity index (χ0v) is 12.2. The highest BCUT2D eigenvalue weighted by atomic mass is 35.5. The summed E-state index contributed by atoms with van der Waals surface area (Å²) >= 11 is 5.91. The standard InChI is InChI=1S/C13H15ClN2O2S/c1-13(5-2-6-13)9-16-19(17,18)12-7-10(8-15)3-4-11(12)14/h3-4,7,16H,2,5-6,9H2,1H3. The van der Waals surface area contributed by atoms with E-state index >= 15 is 0 Å². The number of benzene rings is 1. The second kappa shape index (κ2) is 5.12. The fourth-order valence-electron chi connectivity index (χ4n) is 2.08. The molecular weight excluding hydrogens is 284 g/mol. The molecular formula is C13H15ClN2O2S. The third-order valence-electron chi connectivity index (χ3n) is 3.60. The van der Waals surface area contributed by atoms with Gasteiger partial charge in [-0.05, 0) is 36.5 Å². The molecule has 0 spiro atoms. The number of halogens is 1. The molecule has 0 saturated heterocycles. The van der Waals surface area contributed by atoms with E-state index in [4.69, 9.17) is 16.9 Å². The molecule has 1 N–H and O–H groups in total. The van der Waals surface area contributed by atoms with Crippen LogP contribution in [0.3, 0.4) is 0 Å². The molecule has 1 saturated carbocycles. The molecule has 0 bridgehead atoms. The first-order valence-electron chi connectivity index (χ1n) is 6.06. The van der Waals surface area contributed by atoms with Gasteiger partial charge in [-0.25, -0.2) is 13.1 Å². The first-order chi connectivity index (χ1) is 8.86. The van der Waals surface area contributed by atoms with Crippen molar-refractivity contribution < 1.29 is 8.42 Å². The first-order valence-corrected chi connectivity index (χ1v) is 7.92. The Labute approximate surface area is 118 Å². The Bertz CT molecular complexity index is 631. The molecule has 1 aliphatic carbocycles. The van der Waals surface area contributed by atoms with Crippen LogP contribution in [0.4, 0.5) is 0 Å². The van der Waals surface area contributed by atoms with Gasteiger partial charge in [0.15, 0.2) is 0 Å². The van der Waals surface area contributed by atoms with Crippen LogP contribution in [-0.4, -0.2) is 15.0 Å². The number of nitrogens with one attached hydrogen (secondary N) is 1. The molecule has 1 aromatic carbocycles. The lowest BCUT2D eigenvalue weighted by molar-refractivity contribution is 0.166. The highest BCUT2D eigenvalue weighted by Crippen LogP contribution is 2.39. The zero-order chi connectivity index (χ0) is 14.1.